The van der Waals surface area contributed by atoms with Gasteiger partial charge in [0.1, 0.15) is 0 Å². The van der Waals surface area contributed by atoms with Gasteiger partial charge in [-0.2, -0.15) is 0 Å². The van der Waals surface area contributed by atoms with Crippen molar-refractivity contribution in [3.8, 4) is 0 Å². The van der Waals surface area contributed by atoms with Crippen molar-refractivity contribution in [3.63, 3.8) is 0 Å². The van der Waals surface area contributed by atoms with E-state index in [-0.39, 0.29) is 11.3 Å². The summed E-state index contributed by atoms with van der Waals surface area (Å²) in [6.45, 7) is 3.91. The first kappa shape index (κ1) is 25.1. The number of hydrogen-bond donors (Lipinski definition) is 2. The summed E-state index contributed by atoms with van der Waals surface area (Å²) in [5.41, 5.74) is 1.84. The Morgan fingerprint density at radius 2 is 1.94 bits per heavy atom. The maximum Gasteiger partial charge on any atom is 0.337 e. The highest BCUT2D eigenvalue weighted by Gasteiger charge is 2.14. The highest BCUT2D eigenvalue weighted by atomic mass is 79.9. The number of rotatable bonds is 11. The van der Waals surface area contributed by atoms with Crippen LogP contribution in [0.2, 0.25) is 0 Å². The average Bonchev–Trinajstić information content (AvgIpc) is 2.77. The largest absolute Gasteiger partial charge is 0.500 e. The summed E-state index contributed by atoms with van der Waals surface area (Å²) in [4.78, 5) is 26.2. The normalized spacial score (nSPS) is 11.9. The summed E-state index contributed by atoms with van der Waals surface area (Å²) in [7, 11) is 2.03. The minimum atomic E-state index is -1.12. The molecule has 0 radical (unpaired) electrons. The van der Waals surface area contributed by atoms with Gasteiger partial charge in [-0.25, -0.2) is 4.79 Å². The first-order chi connectivity index (χ1) is 15.4. The first-order valence-electron chi connectivity index (χ1n) is 10.1. The smallest absolute Gasteiger partial charge is 0.337 e. The van der Waals surface area contributed by atoms with Crippen molar-refractivity contribution in [3.05, 3.63) is 100 Å². The Morgan fingerprint density at radius 3 is 2.62 bits per heavy atom. The SMILES string of the molecule is C\C=C/C(=C\C=C\OCCN(C)Cc1ccccc1)C(=O)Nc1ccc(Br)cc1C(=O)O. The number of likely N-dealkylation sites (N-methyl/N-ethyl adjacent to an activating group) is 1. The number of ether oxygens (including phenoxy) is 1. The van der Waals surface area contributed by atoms with Gasteiger partial charge in [-0.05, 0) is 49.9 Å². The minimum absolute atomic E-state index is 0.00560. The van der Waals surface area contributed by atoms with Crippen LogP contribution in [0, 0.1) is 0 Å². The third-order valence-electron chi connectivity index (χ3n) is 4.41. The van der Waals surface area contributed by atoms with Gasteiger partial charge in [0.2, 0.25) is 0 Å². The maximum atomic E-state index is 12.6. The van der Waals surface area contributed by atoms with Crippen LogP contribution in [0.15, 0.2) is 89.1 Å². The number of hydrogen-bond acceptors (Lipinski definition) is 4. The summed E-state index contributed by atoms with van der Waals surface area (Å²) in [5, 5.41) is 12.0. The maximum absolute atomic E-state index is 12.6. The van der Waals surface area contributed by atoms with Gasteiger partial charge >= 0.3 is 5.97 Å². The molecule has 0 unspecified atom stereocenters. The molecule has 0 bridgehead atoms. The van der Waals surface area contributed by atoms with Crippen LogP contribution < -0.4 is 5.32 Å². The van der Waals surface area contributed by atoms with E-state index in [2.05, 4.69) is 38.3 Å². The molecule has 0 saturated heterocycles. The number of allylic oxidation sites excluding steroid dienone is 3. The van der Waals surface area contributed by atoms with Gasteiger partial charge in [-0.3, -0.25) is 9.69 Å². The van der Waals surface area contributed by atoms with Crippen LogP contribution in [-0.4, -0.2) is 42.1 Å². The topological polar surface area (TPSA) is 78.9 Å². The van der Waals surface area contributed by atoms with Crippen LogP contribution in [-0.2, 0) is 16.1 Å². The second-order valence-electron chi connectivity index (χ2n) is 6.99. The number of benzene rings is 2. The highest BCUT2D eigenvalue weighted by Crippen LogP contribution is 2.22. The van der Waals surface area contributed by atoms with Crippen LogP contribution in [0.1, 0.15) is 22.8 Å². The predicted molar refractivity (Wildman–Crippen MR) is 130 cm³/mol. The molecule has 0 aromatic heterocycles. The van der Waals surface area contributed by atoms with E-state index in [1.807, 2.05) is 25.2 Å². The Morgan fingerprint density at radius 1 is 1.19 bits per heavy atom. The van der Waals surface area contributed by atoms with E-state index < -0.39 is 11.9 Å². The van der Waals surface area contributed by atoms with Gasteiger partial charge in [0.15, 0.2) is 0 Å². The van der Waals surface area contributed by atoms with Crippen molar-refractivity contribution in [1.29, 1.82) is 0 Å². The van der Waals surface area contributed by atoms with Crippen molar-refractivity contribution >= 4 is 33.5 Å². The van der Waals surface area contributed by atoms with Gasteiger partial charge in [-0.1, -0.05) is 58.4 Å². The molecule has 2 aromatic rings. The number of aromatic carboxylic acids is 1. The third-order valence-corrected chi connectivity index (χ3v) is 4.90. The molecule has 0 heterocycles. The average molecular weight is 499 g/mol. The zero-order valence-electron chi connectivity index (χ0n) is 18.1. The standard InChI is InChI=1S/C25H27BrN2O4/c1-3-8-20(24(29)27-23-13-12-21(26)17-22(23)25(30)31)11-7-15-32-16-14-28(2)18-19-9-5-4-6-10-19/h3-13,15,17H,14,16,18H2,1-2H3,(H,27,29)(H,30,31)/b8-3-,15-7+,20-11+. The minimum Gasteiger partial charge on any atom is -0.500 e. The van der Waals surface area contributed by atoms with Crippen molar-refractivity contribution in [2.45, 2.75) is 13.5 Å². The number of carbonyl (C=O) groups is 2. The Kier molecular flexibility index (Phi) is 10.4. The fourth-order valence-electron chi connectivity index (χ4n) is 2.83. The lowest BCUT2D eigenvalue weighted by atomic mass is 10.1. The number of halogens is 1. The Bertz CT molecular complexity index is 1000. The van der Waals surface area contributed by atoms with E-state index in [1.54, 1.807) is 43.4 Å². The van der Waals surface area contributed by atoms with E-state index in [1.165, 1.54) is 17.9 Å². The number of carbonyl (C=O) groups excluding carboxylic acids is 1. The second-order valence-corrected chi connectivity index (χ2v) is 7.91. The molecule has 1 amide bonds. The molecule has 168 valence electrons. The zero-order valence-corrected chi connectivity index (χ0v) is 19.7. The van der Waals surface area contributed by atoms with Crippen LogP contribution in [0.4, 0.5) is 5.69 Å². The Hall–Kier alpha value is -3.16. The molecule has 2 aromatic carbocycles. The fourth-order valence-corrected chi connectivity index (χ4v) is 3.19. The van der Waals surface area contributed by atoms with E-state index in [0.29, 0.717) is 16.7 Å². The highest BCUT2D eigenvalue weighted by molar-refractivity contribution is 9.10. The van der Waals surface area contributed by atoms with Crippen molar-refractivity contribution in [2.75, 3.05) is 25.5 Å². The van der Waals surface area contributed by atoms with Crippen LogP contribution in [0.3, 0.4) is 0 Å². The Balaban J connectivity index is 1.90. The summed E-state index contributed by atoms with van der Waals surface area (Å²) in [6.07, 6.45) is 8.18. The van der Waals surface area contributed by atoms with Crippen molar-refractivity contribution < 1.29 is 19.4 Å². The van der Waals surface area contributed by atoms with E-state index in [0.717, 1.165) is 13.1 Å². The quantitative estimate of drug-likeness (QED) is 0.191. The van der Waals surface area contributed by atoms with Gasteiger partial charge in [0.25, 0.3) is 5.91 Å². The number of anilines is 1. The molecule has 0 fully saturated rings. The van der Waals surface area contributed by atoms with Crippen molar-refractivity contribution in [2.24, 2.45) is 0 Å². The molecule has 7 heteroatoms. The zero-order chi connectivity index (χ0) is 23.3. The molecule has 2 N–H and O–H groups in total. The van der Waals surface area contributed by atoms with Crippen molar-refractivity contribution in [1.82, 2.24) is 4.90 Å². The second kappa shape index (κ2) is 13.3. The van der Waals surface area contributed by atoms with Crippen LogP contribution in [0.25, 0.3) is 0 Å². The Labute approximate surface area is 197 Å². The number of nitrogens with one attached hydrogen (secondary N) is 1. The molecule has 32 heavy (non-hydrogen) atoms. The number of carboxylic acids is 1. The fraction of sp³-hybridized carbons (Fsp3) is 0.200. The molecule has 0 aliphatic heterocycles. The van der Waals surface area contributed by atoms with E-state index in [9.17, 15) is 14.7 Å². The molecule has 0 aliphatic rings. The lowest BCUT2D eigenvalue weighted by Gasteiger charge is -2.16. The number of carboxylic acid groups (broad SMARTS) is 1. The molecule has 0 atom stereocenters. The predicted octanol–water partition coefficient (Wildman–Crippen LogP) is 5.25. The van der Waals surface area contributed by atoms with Gasteiger partial charge in [0.05, 0.1) is 24.1 Å². The molecule has 2 rings (SSSR count). The lowest BCUT2D eigenvalue weighted by molar-refractivity contribution is -0.112. The molecule has 0 aliphatic carbocycles. The molecule has 0 saturated carbocycles. The van der Waals surface area contributed by atoms with E-state index in [4.69, 9.17) is 4.74 Å². The molecular weight excluding hydrogens is 472 g/mol. The first-order valence-corrected chi connectivity index (χ1v) is 10.9. The molecule has 0 spiro atoms. The van der Waals surface area contributed by atoms with E-state index >= 15 is 0 Å². The van der Waals surface area contributed by atoms with Gasteiger partial charge in [-0.15, -0.1) is 0 Å². The summed E-state index contributed by atoms with van der Waals surface area (Å²) < 4.78 is 6.14. The number of amides is 1. The monoisotopic (exact) mass is 498 g/mol. The van der Waals surface area contributed by atoms with Gasteiger partial charge in [0, 0.05) is 23.1 Å². The summed E-state index contributed by atoms with van der Waals surface area (Å²) in [5.74, 6) is -1.54. The lowest BCUT2D eigenvalue weighted by Crippen LogP contribution is -2.22. The van der Waals surface area contributed by atoms with Gasteiger partial charge < -0.3 is 15.2 Å². The third kappa shape index (κ3) is 8.53. The van der Waals surface area contributed by atoms with Crippen LogP contribution in [0.5, 0.6) is 0 Å². The number of nitrogens with zero attached hydrogens (tertiary/aromatic N) is 1. The summed E-state index contributed by atoms with van der Waals surface area (Å²) in [6, 6.07) is 14.9. The van der Waals surface area contributed by atoms with Crippen LogP contribution >= 0.6 is 15.9 Å². The molecular formula is C25H27BrN2O4. The molecule has 6 nitrogen and oxygen atoms in total. The summed E-state index contributed by atoms with van der Waals surface area (Å²) >= 11 is 3.24.